The SMILES string of the molecule is O=S(=O)(c1cc(C(F)(F)F)cc(C(F)(F)F)c1)N1CCOC2CCCCC21. The van der Waals surface area contributed by atoms with Gasteiger partial charge in [-0.15, -0.1) is 0 Å². The van der Waals surface area contributed by atoms with Crippen molar-refractivity contribution in [3.8, 4) is 0 Å². The van der Waals surface area contributed by atoms with Gasteiger partial charge in [-0.1, -0.05) is 12.8 Å². The molecule has 2 aliphatic rings. The molecule has 1 aliphatic heterocycles. The predicted molar refractivity (Wildman–Crippen MR) is 82.3 cm³/mol. The van der Waals surface area contributed by atoms with E-state index in [9.17, 15) is 34.8 Å². The number of alkyl halides is 6. The van der Waals surface area contributed by atoms with Crippen LogP contribution in [0.1, 0.15) is 36.8 Å². The molecule has 0 N–H and O–H groups in total. The van der Waals surface area contributed by atoms with Gasteiger partial charge < -0.3 is 4.74 Å². The fraction of sp³-hybridized carbons (Fsp3) is 0.625. The number of rotatable bonds is 2. The van der Waals surface area contributed by atoms with Crippen molar-refractivity contribution >= 4 is 10.0 Å². The highest BCUT2D eigenvalue weighted by atomic mass is 32.2. The van der Waals surface area contributed by atoms with Crippen LogP contribution in [-0.4, -0.2) is 38.0 Å². The first-order valence-corrected chi connectivity index (χ1v) is 9.77. The van der Waals surface area contributed by atoms with Crippen molar-refractivity contribution in [2.24, 2.45) is 0 Å². The van der Waals surface area contributed by atoms with Crippen LogP contribution in [0.15, 0.2) is 23.1 Å². The van der Waals surface area contributed by atoms with Crippen molar-refractivity contribution in [3.63, 3.8) is 0 Å². The third-order valence-electron chi connectivity index (χ3n) is 4.85. The smallest absolute Gasteiger partial charge is 0.375 e. The fourth-order valence-electron chi connectivity index (χ4n) is 3.57. The van der Waals surface area contributed by atoms with Crippen LogP contribution in [0.3, 0.4) is 0 Å². The van der Waals surface area contributed by atoms with Gasteiger partial charge in [-0.25, -0.2) is 8.42 Å². The molecule has 11 heteroatoms. The Hall–Kier alpha value is -1.33. The molecule has 152 valence electrons. The van der Waals surface area contributed by atoms with E-state index in [1.165, 1.54) is 0 Å². The molecule has 2 atom stereocenters. The highest BCUT2D eigenvalue weighted by Crippen LogP contribution is 2.39. The Morgan fingerprint density at radius 3 is 2.04 bits per heavy atom. The third kappa shape index (κ3) is 4.09. The van der Waals surface area contributed by atoms with Crippen molar-refractivity contribution in [3.05, 3.63) is 29.3 Å². The first kappa shape index (κ1) is 20.4. The van der Waals surface area contributed by atoms with Crippen LogP contribution in [0.4, 0.5) is 26.3 Å². The molecule has 1 aromatic carbocycles. The fourth-order valence-corrected chi connectivity index (χ4v) is 5.31. The maximum absolute atomic E-state index is 13.0. The first-order chi connectivity index (χ1) is 12.4. The molecular weight excluding hydrogens is 400 g/mol. The Morgan fingerprint density at radius 1 is 0.926 bits per heavy atom. The first-order valence-electron chi connectivity index (χ1n) is 8.33. The molecule has 0 spiro atoms. The largest absolute Gasteiger partial charge is 0.416 e. The zero-order valence-electron chi connectivity index (χ0n) is 14.0. The van der Waals surface area contributed by atoms with Crippen LogP contribution in [-0.2, 0) is 27.1 Å². The second kappa shape index (κ2) is 6.93. The van der Waals surface area contributed by atoms with Crippen LogP contribution in [0, 0.1) is 0 Å². The summed E-state index contributed by atoms with van der Waals surface area (Å²) in [6, 6.07) is -0.140. The number of hydrogen-bond acceptors (Lipinski definition) is 3. The van der Waals surface area contributed by atoms with E-state index < -0.39 is 50.5 Å². The molecule has 2 fully saturated rings. The van der Waals surface area contributed by atoms with E-state index in [1.807, 2.05) is 0 Å². The van der Waals surface area contributed by atoms with Crippen molar-refractivity contribution in [2.75, 3.05) is 13.2 Å². The van der Waals surface area contributed by atoms with E-state index in [0.717, 1.165) is 10.7 Å². The Bertz CT molecular complexity index is 771. The summed E-state index contributed by atoms with van der Waals surface area (Å²) in [5, 5.41) is 0. The van der Waals surface area contributed by atoms with Gasteiger partial charge in [0.25, 0.3) is 0 Å². The number of sulfonamides is 1. The summed E-state index contributed by atoms with van der Waals surface area (Å²) in [5.74, 6) is 0. The highest BCUT2D eigenvalue weighted by Gasteiger charge is 2.43. The summed E-state index contributed by atoms with van der Waals surface area (Å²) in [4.78, 5) is -1.00. The van der Waals surface area contributed by atoms with Crippen LogP contribution in [0.25, 0.3) is 0 Å². The Kier molecular flexibility index (Phi) is 5.23. The molecule has 1 saturated heterocycles. The lowest BCUT2D eigenvalue weighted by Gasteiger charge is -2.42. The van der Waals surface area contributed by atoms with E-state index in [0.29, 0.717) is 19.3 Å². The van der Waals surface area contributed by atoms with Crippen LogP contribution in [0.5, 0.6) is 0 Å². The minimum absolute atomic E-state index is 0.0471. The van der Waals surface area contributed by atoms with Gasteiger partial charge in [0.15, 0.2) is 0 Å². The summed E-state index contributed by atoms with van der Waals surface area (Å²) < 4.78 is 111. The van der Waals surface area contributed by atoms with Crippen molar-refractivity contribution in [1.82, 2.24) is 4.31 Å². The average molecular weight is 417 g/mol. The van der Waals surface area contributed by atoms with Crippen LogP contribution in [0.2, 0.25) is 0 Å². The van der Waals surface area contributed by atoms with E-state index in [4.69, 9.17) is 4.74 Å². The van der Waals surface area contributed by atoms with Gasteiger partial charge >= 0.3 is 12.4 Å². The summed E-state index contributed by atoms with van der Waals surface area (Å²) in [7, 11) is -4.54. The van der Waals surface area contributed by atoms with E-state index in [1.54, 1.807) is 0 Å². The van der Waals surface area contributed by atoms with E-state index in [2.05, 4.69) is 0 Å². The van der Waals surface area contributed by atoms with Crippen LogP contribution < -0.4 is 0 Å². The van der Waals surface area contributed by atoms with E-state index >= 15 is 0 Å². The summed E-state index contributed by atoms with van der Waals surface area (Å²) in [6.45, 7) is -0.0629. The van der Waals surface area contributed by atoms with Gasteiger partial charge in [0.05, 0.1) is 34.8 Å². The lowest BCUT2D eigenvalue weighted by molar-refractivity contribution is -0.143. The van der Waals surface area contributed by atoms with Gasteiger partial charge in [0.1, 0.15) is 0 Å². The standard InChI is InChI=1S/C16H17F6NO3S/c17-15(18,19)10-7-11(16(20,21)22)9-12(8-10)27(24,25)23-5-6-26-14-4-2-1-3-13(14)23/h7-9,13-14H,1-6H2. The monoisotopic (exact) mass is 417 g/mol. The number of morpholine rings is 1. The minimum atomic E-state index is -5.11. The maximum atomic E-state index is 13.0. The second-order valence-electron chi connectivity index (χ2n) is 6.62. The Morgan fingerprint density at radius 2 is 1.48 bits per heavy atom. The van der Waals surface area contributed by atoms with Crippen LogP contribution >= 0.6 is 0 Å². The topological polar surface area (TPSA) is 46.6 Å². The lowest BCUT2D eigenvalue weighted by Crippen LogP contribution is -2.54. The summed E-state index contributed by atoms with van der Waals surface area (Å²) in [5.41, 5.74) is -3.30. The van der Waals surface area contributed by atoms with Gasteiger partial charge in [-0.3, -0.25) is 0 Å². The maximum Gasteiger partial charge on any atom is 0.416 e. The molecule has 1 heterocycles. The normalized spacial score (nSPS) is 25.3. The number of nitrogens with zero attached hydrogens (tertiary/aromatic N) is 1. The van der Waals surface area contributed by atoms with Gasteiger partial charge in [0.2, 0.25) is 10.0 Å². The molecule has 4 nitrogen and oxygen atoms in total. The number of benzene rings is 1. The second-order valence-corrected chi connectivity index (χ2v) is 8.51. The van der Waals surface area contributed by atoms with E-state index in [-0.39, 0.29) is 31.4 Å². The Balaban J connectivity index is 2.08. The van der Waals surface area contributed by atoms with Gasteiger partial charge in [-0.2, -0.15) is 30.6 Å². The molecule has 0 amide bonds. The highest BCUT2D eigenvalue weighted by molar-refractivity contribution is 7.89. The Labute approximate surface area is 152 Å². The summed E-state index contributed by atoms with van der Waals surface area (Å²) in [6.07, 6.45) is -8.00. The van der Waals surface area contributed by atoms with Gasteiger partial charge in [0, 0.05) is 6.54 Å². The zero-order chi connectivity index (χ0) is 20.0. The molecule has 0 bridgehead atoms. The lowest BCUT2D eigenvalue weighted by atomic mass is 9.91. The third-order valence-corrected chi connectivity index (χ3v) is 6.75. The molecule has 1 saturated carbocycles. The molecule has 1 aromatic rings. The molecule has 0 aromatic heterocycles. The molecule has 27 heavy (non-hydrogen) atoms. The molecule has 1 aliphatic carbocycles. The summed E-state index contributed by atoms with van der Waals surface area (Å²) >= 11 is 0. The number of fused-ring (bicyclic) bond motifs is 1. The predicted octanol–water partition coefficient (Wildman–Crippen LogP) is 4.06. The number of ether oxygens (including phenoxy) is 1. The molecular formula is C16H17F6NO3S. The van der Waals surface area contributed by atoms with Crippen molar-refractivity contribution in [1.29, 1.82) is 0 Å². The quantitative estimate of drug-likeness (QED) is 0.682. The number of halogens is 6. The minimum Gasteiger partial charge on any atom is -0.375 e. The van der Waals surface area contributed by atoms with Gasteiger partial charge in [-0.05, 0) is 31.0 Å². The van der Waals surface area contributed by atoms with Crippen molar-refractivity contribution < 1.29 is 39.5 Å². The molecule has 0 radical (unpaired) electrons. The number of hydrogen-bond donors (Lipinski definition) is 0. The molecule has 2 unspecified atom stereocenters. The van der Waals surface area contributed by atoms with Crippen molar-refractivity contribution in [2.45, 2.75) is 55.1 Å². The zero-order valence-corrected chi connectivity index (χ0v) is 14.8. The molecule has 3 rings (SSSR count). The average Bonchev–Trinajstić information content (AvgIpc) is 2.59.